The molecule has 1 spiro atoms. The molecule has 1 aromatic carbocycles. The molecule has 2 heterocycles. The molecule has 7 nitrogen and oxygen atoms in total. The van der Waals surface area contributed by atoms with Gasteiger partial charge in [0.15, 0.2) is 22.4 Å². The third-order valence-electron chi connectivity index (χ3n) is 6.00. The summed E-state index contributed by atoms with van der Waals surface area (Å²) in [5.41, 5.74) is -3.99. The second-order valence-electron chi connectivity index (χ2n) is 7.83. The summed E-state index contributed by atoms with van der Waals surface area (Å²) >= 11 is 0.822. The highest BCUT2D eigenvalue weighted by molar-refractivity contribution is 7.14. The molecule has 13 heteroatoms. The number of amides is 3. The van der Waals surface area contributed by atoms with Gasteiger partial charge < -0.3 is 10.0 Å². The predicted molar refractivity (Wildman–Crippen MR) is 94.7 cm³/mol. The number of phenolic OH excluding ortho intramolecular Hbond substituents is 1. The van der Waals surface area contributed by atoms with Crippen LogP contribution in [0.3, 0.4) is 0 Å². The highest BCUT2D eigenvalue weighted by Crippen LogP contribution is 2.59. The third-order valence-corrected chi connectivity index (χ3v) is 6.94. The average molecular weight is 460 g/mol. The Morgan fingerprint density at radius 1 is 1.10 bits per heavy atom. The molecule has 3 fully saturated rings. The monoisotopic (exact) mass is 460 g/mol. The summed E-state index contributed by atoms with van der Waals surface area (Å²) in [5.74, 6) is -4.42. The lowest BCUT2D eigenvalue weighted by Crippen LogP contribution is -2.52. The van der Waals surface area contributed by atoms with Crippen molar-refractivity contribution < 1.29 is 36.6 Å². The molecule has 2 aliphatic carbocycles. The van der Waals surface area contributed by atoms with Crippen LogP contribution in [-0.2, 0) is 11.3 Å². The maximum atomic E-state index is 14.1. The van der Waals surface area contributed by atoms with Gasteiger partial charge in [0, 0.05) is 0 Å². The zero-order chi connectivity index (χ0) is 22.3. The molecule has 0 atom stereocenters. The van der Waals surface area contributed by atoms with Crippen molar-refractivity contribution in [3.63, 3.8) is 0 Å². The number of rotatable bonds is 4. The molecule has 1 aromatic heterocycles. The van der Waals surface area contributed by atoms with Gasteiger partial charge in [-0.3, -0.25) is 4.79 Å². The SMILES string of the molecule is O=C1N(Cc2nnc(-c3ccc(F)c(O)c3F)s2)C2(CC2)C(=O)N1C1(C(F)(F)F)CC1. The molecule has 1 saturated heterocycles. The Hall–Kier alpha value is -2.83. The molecule has 1 aliphatic heterocycles. The van der Waals surface area contributed by atoms with Crippen molar-refractivity contribution in [3.8, 4) is 16.3 Å². The number of carbonyl (C=O) groups is 2. The van der Waals surface area contributed by atoms with Gasteiger partial charge in [-0.25, -0.2) is 18.5 Å². The van der Waals surface area contributed by atoms with Gasteiger partial charge in [0.25, 0.3) is 5.91 Å². The Labute approximate surface area is 175 Å². The lowest BCUT2D eigenvalue weighted by Gasteiger charge is -2.27. The third kappa shape index (κ3) is 2.68. The van der Waals surface area contributed by atoms with Crippen LogP contribution < -0.4 is 0 Å². The van der Waals surface area contributed by atoms with E-state index in [9.17, 15) is 36.6 Å². The molecule has 164 valence electrons. The smallest absolute Gasteiger partial charge is 0.412 e. The van der Waals surface area contributed by atoms with Crippen LogP contribution in [0.4, 0.5) is 26.7 Å². The van der Waals surface area contributed by atoms with E-state index in [1.54, 1.807) is 0 Å². The van der Waals surface area contributed by atoms with E-state index in [4.69, 9.17) is 0 Å². The van der Waals surface area contributed by atoms with Crippen LogP contribution in [0.25, 0.3) is 10.6 Å². The number of imide groups is 1. The van der Waals surface area contributed by atoms with E-state index in [1.807, 2.05) is 0 Å². The normalized spacial score (nSPS) is 21.3. The van der Waals surface area contributed by atoms with Gasteiger partial charge in [0.2, 0.25) is 0 Å². The fourth-order valence-electron chi connectivity index (χ4n) is 3.93. The first-order valence-electron chi connectivity index (χ1n) is 9.24. The summed E-state index contributed by atoms with van der Waals surface area (Å²) in [6.07, 6.45) is -4.88. The molecular weight excluding hydrogens is 447 g/mol. The quantitative estimate of drug-likeness (QED) is 0.557. The second kappa shape index (κ2) is 6.11. The number of aromatic nitrogens is 2. The van der Waals surface area contributed by atoms with Gasteiger partial charge in [-0.1, -0.05) is 11.3 Å². The fraction of sp³-hybridized carbons (Fsp3) is 0.444. The van der Waals surface area contributed by atoms with E-state index < -0.39 is 46.6 Å². The van der Waals surface area contributed by atoms with E-state index in [0.29, 0.717) is 4.90 Å². The molecular formula is C18H13F5N4O3S. The van der Waals surface area contributed by atoms with E-state index in [0.717, 1.165) is 28.4 Å². The molecule has 0 radical (unpaired) electrons. The molecule has 3 aliphatic rings. The minimum absolute atomic E-state index is 0.0172. The zero-order valence-electron chi connectivity index (χ0n) is 15.5. The van der Waals surface area contributed by atoms with E-state index in [1.165, 1.54) is 0 Å². The lowest BCUT2D eigenvalue weighted by molar-refractivity contribution is -0.190. The highest BCUT2D eigenvalue weighted by atomic mass is 32.1. The summed E-state index contributed by atoms with van der Waals surface area (Å²) in [5, 5.41) is 17.2. The van der Waals surface area contributed by atoms with Crippen molar-refractivity contribution in [2.45, 2.75) is 49.5 Å². The molecule has 1 N–H and O–H groups in total. The predicted octanol–water partition coefficient (Wildman–Crippen LogP) is 3.58. The lowest BCUT2D eigenvalue weighted by atomic mass is 10.2. The minimum atomic E-state index is -4.72. The standard InChI is InChI=1S/C18H13F5N4O3S/c19-9-2-1-8(11(20)12(9)28)13-25-24-10(31-13)7-26-15(30)27(14(29)16(26)3-4-16)17(5-6-17)18(21,22)23/h1-2,28H,3-7H2. The number of nitrogens with zero attached hydrogens (tertiary/aromatic N) is 4. The topological polar surface area (TPSA) is 86.6 Å². The van der Waals surface area contributed by atoms with Crippen molar-refractivity contribution in [2.75, 3.05) is 0 Å². The van der Waals surface area contributed by atoms with Gasteiger partial charge in [0.05, 0.1) is 12.1 Å². The van der Waals surface area contributed by atoms with E-state index in [-0.39, 0.29) is 47.8 Å². The maximum absolute atomic E-state index is 14.1. The average Bonchev–Trinajstić information content (AvgIpc) is 3.61. The van der Waals surface area contributed by atoms with Gasteiger partial charge >= 0.3 is 12.2 Å². The number of halogens is 5. The van der Waals surface area contributed by atoms with Crippen LogP contribution in [0.15, 0.2) is 12.1 Å². The van der Waals surface area contributed by atoms with Crippen LogP contribution in [0.2, 0.25) is 0 Å². The van der Waals surface area contributed by atoms with E-state index in [2.05, 4.69) is 10.2 Å². The molecule has 0 bridgehead atoms. The first-order valence-corrected chi connectivity index (χ1v) is 10.1. The zero-order valence-corrected chi connectivity index (χ0v) is 16.4. The van der Waals surface area contributed by atoms with Gasteiger partial charge in [-0.2, -0.15) is 13.2 Å². The largest absolute Gasteiger partial charge is 0.503 e. The van der Waals surface area contributed by atoms with Crippen molar-refractivity contribution >= 4 is 23.3 Å². The number of aromatic hydroxyl groups is 1. The van der Waals surface area contributed by atoms with Crippen LogP contribution in [-0.4, -0.2) is 54.3 Å². The van der Waals surface area contributed by atoms with Crippen molar-refractivity contribution in [1.29, 1.82) is 0 Å². The van der Waals surface area contributed by atoms with Crippen LogP contribution in [0, 0.1) is 11.6 Å². The highest BCUT2D eigenvalue weighted by Gasteiger charge is 2.77. The Morgan fingerprint density at radius 2 is 1.77 bits per heavy atom. The first kappa shape index (κ1) is 20.1. The Kier molecular flexibility index (Phi) is 3.96. The summed E-state index contributed by atoms with van der Waals surface area (Å²) in [4.78, 5) is 27.1. The van der Waals surface area contributed by atoms with Crippen LogP contribution in [0.5, 0.6) is 5.75 Å². The maximum Gasteiger partial charge on any atom is 0.412 e. The molecule has 31 heavy (non-hydrogen) atoms. The Balaban J connectivity index is 1.43. The summed E-state index contributed by atoms with van der Waals surface area (Å²) < 4.78 is 68.0. The molecule has 3 amide bonds. The minimum Gasteiger partial charge on any atom is -0.503 e. The van der Waals surface area contributed by atoms with Crippen molar-refractivity contribution in [3.05, 3.63) is 28.8 Å². The number of benzene rings is 1. The Bertz CT molecular complexity index is 1130. The molecule has 2 saturated carbocycles. The summed E-state index contributed by atoms with van der Waals surface area (Å²) in [7, 11) is 0. The number of carbonyl (C=O) groups excluding carboxylic acids is 2. The Morgan fingerprint density at radius 3 is 2.35 bits per heavy atom. The number of hydrogen-bond acceptors (Lipinski definition) is 6. The second-order valence-corrected chi connectivity index (χ2v) is 8.89. The molecule has 0 unspecified atom stereocenters. The number of hydrogen-bond donors (Lipinski definition) is 1. The van der Waals surface area contributed by atoms with Crippen LogP contribution >= 0.6 is 11.3 Å². The summed E-state index contributed by atoms with van der Waals surface area (Å²) in [6.45, 7) is -0.276. The number of alkyl halides is 3. The van der Waals surface area contributed by atoms with Gasteiger partial charge in [-0.15, -0.1) is 10.2 Å². The van der Waals surface area contributed by atoms with Crippen molar-refractivity contribution in [2.24, 2.45) is 0 Å². The van der Waals surface area contributed by atoms with Crippen LogP contribution in [0.1, 0.15) is 30.7 Å². The molecule has 2 aromatic rings. The van der Waals surface area contributed by atoms with E-state index >= 15 is 0 Å². The number of urea groups is 1. The first-order chi connectivity index (χ1) is 14.5. The molecule has 5 rings (SSSR count). The fourth-order valence-corrected chi connectivity index (χ4v) is 4.78. The van der Waals surface area contributed by atoms with Gasteiger partial charge in [0.1, 0.15) is 16.1 Å². The van der Waals surface area contributed by atoms with Crippen molar-refractivity contribution in [1.82, 2.24) is 20.0 Å². The van der Waals surface area contributed by atoms with Gasteiger partial charge in [-0.05, 0) is 37.8 Å². The summed E-state index contributed by atoms with van der Waals surface area (Å²) in [6, 6.07) is 0.879. The number of phenols is 1.